The van der Waals surface area contributed by atoms with Gasteiger partial charge in [-0.15, -0.1) is 0 Å². The van der Waals surface area contributed by atoms with Crippen LogP contribution in [0.15, 0.2) is 0 Å². The molecule has 0 bridgehead atoms. The third-order valence-corrected chi connectivity index (χ3v) is 2.14. The van der Waals surface area contributed by atoms with Gasteiger partial charge in [0.05, 0.1) is 6.17 Å². The van der Waals surface area contributed by atoms with E-state index in [1.165, 1.54) is 0 Å². The van der Waals surface area contributed by atoms with Gasteiger partial charge in [-0.3, -0.25) is 9.59 Å². The molecule has 0 radical (unpaired) electrons. The Balaban J connectivity index is 4.08. The molecule has 0 aromatic rings. The van der Waals surface area contributed by atoms with E-state index in [9.17, 15) is 9.59 Å². The smallest absolute Gasteiger partial charge is 0.222 e. The van der Waals surface area contributed by atoms with E-state index in [2.05, 4.69) is 10.6 Å². The normalized spacial score (nSPS) is 12.4. The quantitative estimate of drug-likeness (QED) is 0.759. The van der Waals surface area contributed by atoms with Crippen LogP contribution in [0.1, 0.15) is 61.3 Å². The second kappa shape index (κ2) is 6.21. The molecule has 0 saturated carbocycles. The highest BCUT2D eigenvalue weighted by molar-refractivity contribution is 5.79. The van der Waals surface area contributed by atoms with E-state index in [-0.39, 0.29) is 28.8 Å². The molecule has 4 heteroatoms. The Morgan fingerprint density at radius 1 is 0.833 bits per heavy atom. The number of carbonyl (C=O) groups excluding carboxylic acids is 2. The average Bonchev–Trinajstić information content (AvgIpc) is 1.92. The molecule has 0 atom stereocenters. The van der Waals surface area contributed by atoms with Crippen molar-refractivity contribution in [1.29, 1.82) is 0 Å². The van der Waals surface area contributed by atoms with Crippen molar-refractivity contribution < 1.29 is 9.59 Å². The Hall–Kier alpha value is -1.06. The summed E-state index contributed by atoms with van der Waals surface area (Å²) in [6.45, 7) is 13.8. The molecule has 0 aromatic heterocycles. The van der Waals surface area contributed by atoms with Crippen LogP contribution in [0.3, 0.4) is 0 Å². The lowest BCUT2D eigenvalue weighted by molar-refractivity contribution is -0.125. The van der Waals surface area contributed by atoms with Crippen molar-refractivity contribution in [2.45, 2.75) is 67.5 Å². The second-order valence-corrected chi connectivity index (χ2v) is 7.33. The molecule has 0 fully saturated rings. The first kappa shape index (κ1) is 16.9. The Morgan fingerprint density at radius 2 is 1.11 bits per heavy atom. The van der Waals surface area contributed by atoms with Gasteiger partial charge in [-0.1, -0.05) is 41.5 Å². The molecule has 18 heavy (non-hydrogen) atoms. The second-order valence-electron chi connectivity index (χ2n) is 7.33. The molecule has 0 rings (SSSR count). The van der Waals surface area contributed by atoms with Crippen molar-refractivity contribution in [3.8, 4) is 0 Å². The molecule has 106 valence electrons. The highest BCUT2D eigenvalue weighted by Crippen LogP contribution is 2.18. The SMILES string of the molecule is CC(NC(=O)CC(C)(C)C)NC(=O)CC(C)(C)C. The Kier molecular flexibility index (Phi) is 5.84. The molecule has 0 heterocycles. The lowest BCUT2D eigenvalue weighted by atomic mass is 9.91. The predicted molar refractivity (Wildman–Crippen MR) is 73.9 cm³/mol. The fraction of sp³-hybridized carbons (Fsp3) is 0.857. The van der Waals surface area contributed by atoms with Crippen LogP contribution in [-0.2, 0) is 9.59 Å². The van der Waals surface area contributed by atoms with Crippen LogP contribution in [0, 0.1) is 10.8 Å². The van der Waals surface area contributed by atoms with E-state index in [0.717, 1.165) is 0 Å². The van der Waals surface area contributed by atoms with Crippen molar-refractivity contribution in [1.82, 2.24) is 10.6 Å². The summed E-state index contributed by atoms with van der Waals surface area (Å²) in [5.74, 6) is -0.0721. The fourth-order valence-corrected chi connectivity index (χ4v) is 1.58. The van der Waals surface area contributed by atoms with Gasteiger partial charge < -0.3 is 10.6 Å². The van der Waals surface area contributed by atoms with Gasteiger partial charge in [0.2, 0.25) is 11.8 Å². The third kappa shape index (κ3) is 10.1. The lowest BCUT2D eigenvalue weighted by Gasteiger charge is -2.22. The molecule has 2 amide bonds. The van der Waals surface area contributed by atoms with Gasteiger partial charge in [-0.2, -0.15) is 0 Å². The summed E-state index contributed by atoms with van der Waals surface area (Å²) in [6, 6.07) is 0. The van der Waals surface area contributed by atoms with Crippen molar-refractivity contribution >= 4 is 11.8 Å². The van der Waals surface area contributed by atoms with Crippen LogP contribution in [0.25, 0.3) is 0 Å². The van der Waals surface area contributed by atoms with E-state index in [4.69, 9.17) is 0 Å². The monoisotopic (exact) mass is 256 g/mol. The van der Waals surface area contributed by atoms with Gasteiger partial charge in [0.25, 0.3) is 0 Å². The topological polar surface area (TPSA) is 58.2 Å². The Bertz CT molecular complexity index is 268. The number of carbonyl (C=O) groups is 2. The molecule has 0 aliphatic heterocycles. The maximum atomic E-state index is 11.7. The van der Waals surface area contributed by atoms with Gasteiger partial charge >= 0.3 is 0 Å². The van der Waals surface area contributed by atoms with Gasteiger partial charge in [0.1, 0.15) is 0 Å². The molecular formula is C14H28N2O2. The van der Waals surface area contributed by atoms with Crippen LogP contribution in [0.2, 0.25) is 0 Å². The first-order valence-electron chi connectivity index (χ1n) is 6.48. The first-order chi connectivity index (χ1) is 7.89. The minimum absolute atomic E-state index is 0.0361. The minimum Gasteiger partial charge on any atom is -0.336 e. The maximum absolute atomic E-state index is 11.7. The number of rotatable bonds is 4. The summed E-state index contributed by atoms with van der Waals surface area (Å²) in [5, 5.41) is 5.56. The van der Waals surface area contributed by atoms with Crippen molar-refractivity contribution in [3.63, 3.8) is 0 Å². The largest absolute Gasteiger partial charge is 0.336 e. The zero-order valence-corrected chi connectivity index (χ0v) is 12.8. The molecule has 0 aromatic carbocycles. The van der Waals surface area contributed by atoms with Gasteiger partial charge in [-0.25, -0.2) is 0 Å². The van der Waals surface area contributed by atoms with Crippen LogP contribution < -0.4 is 10.6 Å². The average molecular weight is 256 g/mol. The van der Waals surface area contributed by atoms with Crippen LogP contribution in [-0.4, -0.2) is 18.0 Å². The Morgan fingerprint density at radius 3 is 1.33 bits per heavy atom. The summed E-state index contributed by atoms with van der Waals surface area (Å²) in [6.07, 6.45) is 0.577. The van der Waals surface area contributed by atoms with E-state index in [0.29, 0.717) is 12.8 Å². The van der Waals surface area contributed by atoms with E-state index in [1.807, 2.05) is 41.5 Å². The van der Waals surface area contributed by atoms with Gasteiger partial charge in [0, 0.05) is 12.8 Å². The molecule has 0 aliphatic rings. The van der Waals surface area contributed by atoms with E-state index in [1.54, 1.807) is 6.92 Å². The van der Waals surface area contributed by atoms with E-state index < -0.39 is 0 Å². The number of amides is 2. The maximum Gasteiger partial charge on any atom is 0.222 e. The first-order valence-corrected chi connectivity index (χ1v) is 6.48. The van der Waals surface area contributed by atoms with Crippen LogP contribution >= 0.6 is 0 Å². The highest BCUT2D eigenvalue weighted by atomic mass is 16.2. The zero-order chi connectivity index (χ0) is 14.6. The summed E-state index contributed by atoms with van der Waals surface area (Å²) in [5.41, 5.74) is -0.0849. The summed E-state index contributed by atoms with van der Waals surface area (Å²) in [7, 11) is 0. The molecule has 0 unspecified atom stereocenters. The standard InChI is InChI=1S/C14H28N2O2/c1-10(15-11(17)8-13(2,3)4)16-12(18)9-14(5,6)7/h10H,8-9H2,1-7H3,(H,15,17)(H,16,18). The van der Waals surface area contributed by atoms with Crippen LogP contribution in [0.5, 0.6) is 0 Å². The summed E-state index contributed by atoms with van der Waals surface area (Å²) >= 11 is 0. The van der Waals surface area contributed by atoms with Gasteiger partial charge in [0.15, 0.2) is 0 Å². The molecule has 4 nitrogen and oxygen atoms in total. The lowest BCUT2D eigenvalue weighted by Crippen LogP contribution is -2.47. The van der Waals surface area contributed by atoms with Crippen molar-refractivity contribution in [2.75, 3.05) is 0 Å². The third-order valence-electron chi connectivity index (χ3n) is 2.14. The number of hydrogen-bond acceptors (Lipinski definition) is 2. The summed E-state index contributed by atoms with van der Waals surface area (Å²) in [4.78, 5) is 23.3. The van der Waals surface area contributed by atoms with Crippen LogP contribution in [0.4, 0.5) is 0 Å². The van der Waals surface area contributed by atoms with Gasteiger partial charge in [-0.05, 0) is 17.8 Å². The minimum atomic E-state index is -0.324. The van der Waals surface area contributed by atoms with E-state index >= 15 is 0 Å². The number of hydrogen-bond donors (Lipinski definition) is 2. The predicted octanol–water partition coefficient (Wildman–Crippen LogP) is 2.44. The van der Waals surface area contributed by atoms with Crippen molar-refractivity contribution in [2.24, 2.45) is 10.8 Å². The summed E-state index contributed by atoms with van der Waals surface area (Å²) < 4.78 is 0. The highest BCUT2D eigenvalue weighted by Gasteiger charge is 2.20. The molecule has 0 saturated heterocycles. The molecular weight excluding hydrogens is 228 g/mol. The molecule has 0 aliphatic carbocycles. The molecule has 2 N–H and O–H groups in total. The fourth-order valence-electron chi connectivity index (χ4n) is 1.58. The Labute approximate surface area is 111 Å². The zero-order valence-electron chi connectivity index (χ0n) is 12.8. The number of nitrogens with one attached hydrogen (secondary N) is 2. The van der Waals surface area contributed by atoms with Crippen molar-refractivity contribution in [3.05, 3.63) is 0 Å². The molecule has 0 spiro atoms.